The van der Waals surface area contributed by atoms with E-state index < -0.39 is 0 Å². The summed E-state index contributed by atoms with van der Waals surface area (Å²) in [5, 5.41) is 8.64. The molecule has 3 nitrogen and oxygen atoms in total. The first-order valence-corrected chi connectivity index (χ1v) is 10.6. The number of aliphatic hydroxyl groups is 1. The van der Waals surface area contributed by atoms with Crippen molar-refractivity contribution in [2.45, 2.75) is 110 Å². The molecule has 0 amide bonds. The van der Waals surface area contributed by atoms with Crippen LogP contribution in [0.25, 0.3) is 0 Å². The predicted octanol–water partition coefficient (Wildman–Crippen LogP) is 5.88. The second-order valence-corrected chi connectivity index (χ2v) is 7.08. The van der Waals surface area contributed by atoms with Gasteiger partial charge in [-0.25, -0.2) is 0 Å². The van der Waals surface area contributed by atoms with Gasteiger partial charge in [-0.2, -0.15) is 0 Å². The lowest BCUT2D eigenvalue weighted by Gasteiger charge is -2.02. The van der Waals surface area contributed by atoms with E-state index in [0.717, 1.165) is 26.2 Å². The first kappa shape index (κ1) is 23.9. The third-order valence-electron chi connectivity index (χ3n) is 4.22. The Balaban J connectivity index is 0.000000605. The molecule has 2 saturated heterocycles. The van der Waals surface area contributed by atoms with Crippen molar-refractivity contribution in [3.63, 3.8) is 0 Å². The normalized spacial score (nSPS) is 17.4. The highest BCUT2D eigenvalue weighted by Crippen LogP contribution is 2.12. The minimum Gasteiger partial charge on any atom is -0.396 e. The van der Waals surface area contributed by atoms with Gasteiger partial charge in [0.1, 0.15) is 0 Å². The molecule has 1 N–H and O–H groups in total. The Morgan fingerprint density at radius 3 is 1.21 bits per heavy atom. The van der Waals surface area contributed by atoms with Gasteiger partial charge in [0.25, 0.3) is 0 Å². The summed E-state index contributed by atoms with van der Waals surface area (Å²) in [5.74, 6) is 0. The van der Waals surface area contributed by atoms with Gasteiger partial charge in [-0.05, 0) is 13.3 Å². The van der Waals surface area contributed by atoms with E-state index in [4.69, 9.17) is 9.84 Å². The predicted molar refractivity (Wildman–Crippen MR) is 104 cm³/mol. The Morgan fingerprint density at radius 2 is 1.00 bits per heavy atom. The van der Waals surface area contributed by atoms with Crippen molar-refractivity contribution >= 4 is 0 Å². The molecule has 0 aliphatic carbocycles. The Hall–Kier alpha value is -0.120. The maximum absolute atomic E-state index is 8.64. The van der Waals surface area contributed by atoms with Crippen molar-refractivity contribution < 1.29 is 14.6 Å². The van der Waals surface area contributed by atoms with Gasteiger partial charge in [-0.1, -0.05) is 90.4 Å². The highest BCUT2D eigenvalue weighted by Gasteiger charge is 2.13. The monoisotopic (exact) mass is 344 g/mol. The molecule has 0 radical (unpaired) electrons. The van der Waals surface area contributed by atoms with Crippen LogP contribution in [-0.2, 0) is 9.47 Å². The first-order chi connectivity index (χ1) is 11.8. The van der Waals surface area contributed by atoms with E-state index in [9.17, 15) is 0 Å². The van der Waals surface area contributed by atoms with Crippen LogP contribution in [-0.4, -0.2) is 37.6 Å². The molecule has 0 saturated carbocycles. The van der Waals surface area contributed by atoms with Gasteiger partial charge in [0, 0.05) is 6.61 Å². The maximum Gasteiger partial charge on any atom is 0.0781 e. The second kappa shape index (κ2) is 20.9. The number of hydrogen-bond donors (Lipinski definition) is 1. The van der Waals surface area contributed by atoms with Crippen LogP contribution in [0, 0.1) is 0 Å². The summed E-state index contributed by atoms with van der Waals surface area (Å²) < 4.78 is 9.21. The van der Waals surface area contributed by atoms with Gasteiger partial charge in [0.05, 0.1) is 25.9 Å². The van der Waals surface area contributed by atoms with Crippen molar-refractivity contribution in [3.8, 4) is 0 Å². The van der Waals surface area contributed by atoms with Gasteiger partial charge in [0.2, 0.25) is 0 Å². The fraction of sp³-hybridized carbons (Fsp3) is 1.00. The summed E-state index contributed by atoms with van der Waals surface area (Å²) >= 11 is 0. The molecule has 0 aromatic heterocycles. The molecule has 2 heterocycles. The number of aliphatic hydroxyl groups excluding tert-OH is 1. The summed E-state index contributed by atoms with van der Waals surface area (Å²) in [4.78, 5) is 0. The number of ether oxygens (including phenoxy) is 2. The van der Waals surface area contributed by atoms with Gasteiger partial charge < -0.3 is 14.6 Å². The van der Waals surface area contributed by atoms with Crippen LogP contribution in [0.4, 0.5) is 0 Å². The number of unbranched alkanes of at least 4 members (excludes halogenated alkanes) is 13. The molecule has 2 fully saturated rings. The maximum atomic E-state index is 8.64. The van der Waals surface area contributed by atoms with Crippen LogP contribution in [0.3, 0.4) is 0 Å². The lowest BCUT2D eigenvalue weighted by molar-refractivity contribution is 0.282. The molecule has 1 atom stereocenters. The summed E-state index contributed by atoms with van der Waals surface area (Å²) in [6, 6.07) is 0. The van der Waals surface area contributed by atoms with Crippen molar-refractivity contribution in [2.24, 2.45) is 0 Å². The van der Waals surface area contributed by atoms with E-state index in [0.29, 0.717) is 12.7 Å². The molecule has 24 heavy (non-hydrogen) atoms. The zero-order chi connectivity index (χ0) is 17.7. The van der Waals surface area contributed by atoms with Gasteiger partial charge in [-0.3, -0.25) is 0 Å². The Bertz CT molecular complexity index is 198. The Labute approximate surface area is 151 Å². The van der Waals surface area contributed by atoms with Gasteiger partial charge >= 0.3 is 0 Å². The largest absolute Gasteiger partial charge is 0.396 e. The molecule has 2 aliphatic heterocycles. The van der Waals surface area contributed by atoms with Crippen molar-refractivity contribution in [2.75, 3.05) is 26.4 Å². The molecule has 0 aromatic carbocycles. The first-order valence-electron chi connectivity index (χ1n) is 10.6. The fourth-order valence-electron chi connectivity index (χ4n) is 2.40. The van der Waals surface area contributed by atoms with Crippen molar-refractivity contribution in [3.05, 3.63) is 0 Å². The Morgan fingerprint density at radius 1 is 0.708 bits per heavy atom. The highest BCUT2D eigenvalue weighted by molar-refractivity contribution is 4.58. The molecule has 0 aromatic rings. The molecule has 146 valence electrons. The zero-order valence-corrected chi connectivity index (χ0v) is 16.6. The molecular formula is C21H44O3. The van der Waals surface area contributed by atoms with E-state index in [2.05, 4.69) is 18.6 Å². The van der Waals surface area contributed by atoms with Crippen LogP contribution < -0.4 is 0 Å². The zero-order valence-electron chi connectivity index (χ0n) is 16.6. The van der Waals surface area contributed by atoms with E-state index in [1.807, 2.05) is 0 Å². The summed E-state index contributed by atoms with van der Waals surface area (Å²) in [6.45, 7) is 7.69. The third-order valence-corrected chi connectivity index (χ3v) is 4.22. The molecule has 2 rings (SSSR count). The van der Waals surface area contributed by atoms with Crippen molar-refractivity contribution in [1.82, 2.24) is 0 Å². The fourth-order valence-corrected chi connectivity index (χ4v) is 2.40. The molecule has 2 aliphatic rings. The van der Waals surface area contributed by atoms with Crippen LogP contribution in [0.5, 0.6) is 0 Å². The Kier molecular flexibility index (Phi) is 20.8. The molecule has 0 bridgehead atoms. The van der Waals surface area contributed by atoms with Crippen molar-refractivity contribution in [1.29, 1.82) is 0 Å². The third kappa shape index (κ3) is 29.8. The van der Waals surface area contributed by atoms with E-state index in [-0.39, 0.29) is 0 Å². The highest BCUT2D eigenvalue weighted by atomic mass is 16.6. The molecular weight excluding hydrogens is 300 g/mol. The van der Waals surface area contributed by atoms with Crippen LogP contribution in [0.1, 0.15) is 104 Å². The average molecular weight is 345 g/mol. The minimum atomic E-state index is 0.373. The summed E-state index contributed by atoms with van der Waals surface area (Å²) in [7, 11) is 0. The number of hydrogen-bond acceptors (Lipinski definition) is 3. The summed E-state index contributed by atoms with van der Waals surface area (Å²) in [6.07, 6.45) is 19.8. The SMILES string of the molecule is C1CO1.CC1CO1.CCCCCCCCCCCCCCCCO. The number of epoxide rings is 2. The second-order valence-electron chi connectivity index (χ2n) is 7.08. The lowest BCUT2D eigenvalue weighted by atomic mass is 10.0. The topological polar surface area (TPSA) is 45.3 Å². The van der Waals surface area contributed by atoms with E-state index in [1.165, 1.54) is 83.5 Å². The molecule has 1 unspecified atom stereocenters. The van der Waals surface area contributed by atoms with E-state index in [1.54, 1.807) is 0 Å². The average Bonchev–Trinajstić information content (AvgIpc) is 3.47. The van der Waals surface area contributed by atoms with Gasteiger partial charge in [-0.15, -0.1) is 0 Å². The summed E-state index contributed by atoms with van der Waals surface area (Å²) in [5.41, 5.74) is 0. The van der Waals surface area contributed by atoms with Crippen LogP contribution in [0.15, 0.2) is 0 Å². The molecule has 0 spiro atoms. The molecule has 3 heteroatoms. The minimum absolute atomic E-state index is 0.373. The van der Waals surface area contributed by atoms with E-state index >= 15 is 0 Å². The standard InChI is InChI=1S/C16H34O.C3H6O.C2H4O/c1-2-3-4-5-6-7-8-9-10-11-12-13-14-15-16-17;1-3-2-4-3;1-2-3-1/h17H,2-16H2,1H3;3H,2H2,1H3;1-2H2. The quantitative estimate of drug-likeness (QED) is 0.316. The number of rotatable bonds is 14. The smallest absolute Gasteiger partial charge is 0.0781 e. The lowest BCUT2D eigenvalue weighted by Crippen LogP contribution is -1.84. The van der Waals surface area contributed by atoms with Crippen LogP contribution in [0.2, 0.25) is 0 Å². The van der Waals surface area contributed by atoms with Crippen LogP contribution >= 0.6 is 0 Å². The van der Waals surface area contributed by atoms with Gasteiger partial charge in [0.15, 0.2) is 0 Å².